The Morgan fingerprint density at radius 1 is 1.06 bits per heavy atom. The van der Waals surface area contributed by atoms with Gasteiger partial charge < -0.3 is 19.1 Å². The Morgan fingerprint density at radius 3 is 2.67 bits per heavy atom. The summed E-state index contributed by atoms with van der Waals surface area (Å²) >= 11 is 0. The van der Waals surface area contributed by atoms with Crippen LogP contribution in [-0.4, -0.2) is 60.2 Å². The Morgan fingerprint density at radius 2 is 1.89 bits per heavy atom. The number of aromatic nitrogens is 6. The molecule has 11 nitrogen and oxygen atoms in total. The number of fused-ring (bicyclic) bond motifs is 3. The Balaban J connectivity index is 1.29. The summed E-state index contributed by atoms with van der Waals surface area (Å²) in [6.07, 6.45) is 3.30. The standard InChI is InChI=1S/C25H25N7O4/c1-34-15-18-12-21(30-36-18)23-28-27-22-19-6-2-3-7-20(19)24(29-32(22)23)35-14-17-9-8-16(13-26-17)25(33)31-10-4-5-11-31/h2-3,6-9,12-13,25,33H,4-5,10-11,14-15H2,1H3. The molecular formula is C25H25N7O4. The Hall–Kier alpha value is -3.93. The molecule has 1 fully saturated rings. The summed E-state index contributed by atoms with van der Waals surface area (Å²) in [4.78, 5) is 6.56. The van der Waals surface area contributed by atoms with Crippen LogP contribution in [0.1, 0.15) is 36.1 Å². The molecule has 184 valence electrons. The number of rotatable bonds is 8. The third-order valence-corrected chi connectivity index (χ3v) is 6.29. The van der Waals surface area contributed by atoms with E-state index in [2.05, 4.69) is 25.2 Å². The maximum atomic E-state index is 10.6. The lowest BCUT2D eigenvalue weighted by Crippen LogP contribution is -2.25. The number of aliphatic hydroxyl groups is 1. The highest BCUT2D eigenvalue weighted by molar-refractivity contribution is 5.96. The first-order valence-electron chi connectivity index (χ1n) is 11.8. The third-order valence-electron chi connectivity index (χ3n) is 6.29. The van der Waals surface area contributed by atoms with E-state index in [4.69, 9.17) is 19.1 Å². The van der Waals surface area contributed by atoms with Gasteiger partial charge in [-0.15, -0.1) is 15.3 Å². The van der Waals surface area contributed by atoms with Crippen molar-refractivity contribution in [2.75, 3.05) is 20.2 Å². The highest BCUT2D eigenvalue weighted by Crippen LogP contribution is 2.29. The lowest BCUT2D eigenvalue weighted by atomic mass is 10.2. The highest BCUT2D eigenvalue weighted by Gasteiger charge is 2.22. The van der Waals surface area contributed by atoms with Gasteiger partial charge in [0, 0.05) is 48.8 Å². The van der Waals surface area contributed by atoms with Crippen molar-refractivity contribution in [3.63, 3.8) is 0 Å². The van der Waals surface area contributed by atoms with E-state index in [9.17, 15) is 5.11 Å². The number of hydrogen-bond acceptors (Lipinski definition) is 10. The van der Waals surface area contributed by atoms with Gasteiger partial charge in [0.15, 0.2) is 17.1 Å². The molecule has 0 amide bonds. The maximum absolute atomic E-state index is 10.6. The van der Waals surface area contributed by atoms with Crippen LogP contribution in [0.25, 0.3) is 27.9 Å². The van der Waals surface area contributed by atoms with Gasteiger partial charge in [-0.05, 0) is 25.0 Å². The fourth-order valence-electron chi connectivity index (χ4n) is 4.46. The topological polar surface area (TPSA) is 124 Å². The normalized spacial score (nSPS) is 15.2. The van der Waals surface area contributed by atoms with Crippen LogP contribution in [-0.2, 0) is 18.0 Å². The average molecular weight is 488 g/mol. The SMILES string of the molecule is COCc1cc(-c2nnc3c4ccccc4c(OCc4ccc(C(O)N5CCCC5)cn4)nn23)no1. The van der Waals surface area contributed by atoms with Crippen molar-refractivity contribution in [3.05, 3.63) is 65.7 Å². The maximum Gasteiger partial charge on any atom is 0.240 e. The first-order chi connectivity index (χ1) is 17.7. The van der Waals surface area contributed by atoms with Crippen molar-refractivity contribution in [2.24, 2.45) is 0 Å². The zero-order valence-corrected chi connectivity index (χ0v) is 19.7. The van der Waals surface area contributed by atoms with Gasteiger partial charge in [-0.3, -0.25) is 9.88 Å². The van der Waals surface area contributed by atoms with Crippen molar-refractivity contribution < 1.29 is 19.1 Å². The molecule has 36 heavy (non-hydrogen) atoms. The van der Waals surface area contributed by atoms with Crippen LogP contribution < -0.4 is 4.74 Å². The number of benzene rings is 1. The number of likely N-dealkylation sites (tertiary alicyclic amines) is 1. The van der Waals surface area contributed by atoms with E-state index in [-0.39, 0.29) is 6.61 Å². The Bertz CT molecular complexity index is 1490. The molecule has 1 aliphatic heterocycles. The number of ether oxygens (including phenoxy) is 2. The summed E-state index contributed by atoms with van der Waals surface area (Å²) in [5, 5.41) is 29.7. The summed E-state index contributed by atoms with van der Waals surface area (Å²) in [6, 6.07) is 13.2. The number of pyridine rings is 1. The number of hydrogen-bond donors (Lipinski definition) is 1. The van der Waals surface area contributed by atoms with E-state index in [1.807, 2.05) is 36.4 Å². The molecule has 5 heterocycles. The smallest absolute Gasteiger partial charge is 0.240 e. The Labute approximate surface area is 206 Å². The fraction of sp³-hybridized carbons (Fsp3) is 0.320. The van der Waals surface area contributed by atoms with Gasteiger partial charge in [-0.2, -0.15) is 4.52 Å². The highest BCUT2D eigenvalue weighted by atomic mass is 16.5. The van der Waals surface area contributed by atoms with E-state index in [1.165, 1.54) is 0 Å². The predicted octanol–water partition coefficient (Wildman–Crippen LogP) is 3.14. The minimum atomic E-state index is -0.629. The first-order valence-corrected chi connectivity index (χ1v) is 11.8. The largest absolute Gasteiger partial charge is 0.470 e. The van der Waals surface area contributed by atoms with E-state index in [1.54, 1.807) is 23.9 Å². The van der Waals surface area contributed by atoms with Crippen molar-refractivity contribution in [2.45, 2.75) is 32.3 Å². The van der Waals surface area contributed by atoms with Crippen molar-refractivity contribution in [3.8, 4) is 17.4 Å². The monoisotopic (exact) mass is 487 g/mol. The van der Waals surface area contributed by atoms with Crippen LogP contribution in [0.5, 0.6) is 5.88 Å². The average Bonchev–Trinajstić information content (AvgIpc) is 3.68. The second-order valence-corrected chi connectivity index (χ2v) is 8.71. The minimum absolute atomic E-state index is 0.210. The van der Waals surface area contributed by atoms with Crippen LogP contribution in [0.15, 0.2) is 53.2 Å². The van der Waals surface area contributed by atoms with Crippen LogP contribution in [0.2, 0.25) is 0 Å². The number of aliphatic hydroxyl groups excluding tert-OH is 1. The molecule has 11 heteroatoms. The summed E-state index contributed by atoms with van der Waals surface area (Å²) in [6.45, 7) is 2.32. The van der Waals surface area contributed by atoms with Crippen LogP contribution in [0.3, 0.4) is 0 Å². The molecule has 0 saturated carbocycles. The number of methoxy groups -OCH3 is 1. The fourth-order valence-corrected chi connectivity index (χ4v) is 4.46. The van der Waals surface area contributed by atoms with Gasteiger partial charge in [0.05, 0.1) is 5.69 Å². The summed E-state index contributed by atoms with van der Waals surface area (Å²) in [7, 11) is 1.59. The molecule has 0 bridgehead atoms. The molecule has 0 aliphatic carbocycles. The van der Waals surface area contributed by atoms with Crippen LogP contribution >= 0.6 is 0 Å². The molecule has 5 aromatic rings. The van der Waals surface area contributed by atoms with Gasteiger partial charge in [0.25, 0.3) is 0 Å². The van der Waals surface area contributed by atoms with Crippen LogP contribution in [0, 0.1) is 0 Å². The lowest BCUT2D eigenvalue weighted by Gasteiger charge is -2.22. The molecule has 1 aromatic carbocycles. The summed E-state index contributed by atoms with van der Waals surface area (Å²) in [5.41, 5.74) is 2.59. The van der Waals surface area contributed by atoms with Gasteiger partial charge in [-0.25, -0.2) is 0 Å². The van der Waals surface area contributed by atoms with Gasteiger partial charge in [0.2, 0.25) is 11.7 Å². The predicted molar refractivity (Wildman–Crippen MR) is 129 cm³/mol. The van der Waals surface area contributed by atoms with Crippen molar-refractivity contribution in [1.29, 1.82) is 0 Å². The summed E-state index contributed by atoms with van der Waals surface area (Å²) in [5.74, 6) is 1.43. The number of nitrogens with zero attached hydrogens (tertiary/aromatic N) is 7. The molecule has 0 spiro atoms. The van der Waals surface area contributed by atoms with E-state index < -0.39 is 6.23 Å². The summed E-state index contributed by atoms with van der Waals surface area (Å²) < 4.78 is 18.2. The molecule has 1 N–H and O–H groups in total. The molecule has 4 aromatic heterocycles. The van der Waals surface area contributed by atoms with Gasteiger partial charge >= 0.3 is 0 Å². The second kappa shape index (κ2) is 9.61. The second-order valence-electron chi connectivity index (χ2n) is 8.71. The molecule has 1 unspecified atom stereocenters. The first kappa shape index (κ1) is 22.5. The lowest BCUT2D eigenvalue weighted by molar-refractivity contribution is 0.0187. The third kappa shape index (κ3) is 4.17. The van der Waals surface area contributed by atoms with E-state index >= 15 is 0 Å². The minimum Gasteiger partial charge on any atom is -0.470 e. The van der Waals surface area contributed by atoms with Gasteiger partial charge in [-0.1, -0.05) is 29.4 Å². The van der Waals surface area contributed by atoms with Crippen LogP contribution in [0.4, 0.5) is 0 Å². The molecule has 0 radical (unpaired) electrons. The molecular weight excluding hydrogens is 462 g/mol. The van der Waals surface area contributed by atoms with Crippen molar-refractivity contribution in [1.82, 2.24) is 34.9 Å². The van der Waals surface area contributed by atoms with Crippen molar-refractivity contribution >= 4 is 16.4 Å². The molecule has 1 saturated heterocycles. The quantitative estimate of drug-likeness (QED) is 0.349. The zero-order chi connectivity index (χ0) is 24.5. The molecule has 1 aliphatic rings. The van der Waals surface area contributed by atoms with E-state index in [0.717, 1.165) is 48.0 Å². The zero-order valence-electron chi connectivity index (χ0n) is 19.7. The molecule has 1 atom stereocenters. The van der Waals surface area contributed by atoms with Gasteiger partial charge in [0.1, 0.15) is 19.4 Å². The van der Waals surface area contributed by atoms with E-state index in [0.29, 0.717) is 35.4 Å². The molecule has 6 rings (SSSR count). The Kier molecular flexibility index (Phi) is 6.01.